The summed E-state index contributed by atoms with van der Waals surface area (Å²) in [5.74, 6) is 0.0415. The van der Waals surface area contributed by atoms with Crippen LogP contribution in [0.1, 0.15) is 29.0 Å². The lowest BCUT2D eigenvalue weighted by molar-refractivity contribution is 0.0932. The zero-order chi connectivity index (χ0) is 28.2. The average molecular weight is 582 g/mol. The van der Waals surface area contributed by atoms with E-state index in [9.17, 15) is 18.3 Å². The van der Waals surface area contributed by atoms with Crippen molar-refractivity contribution in [3.8, 4) is 5.69 Å². The molecule has 208 valence electrons. The summed E-state index contributed by atoms with van der Waals surface area (Å²) in [5.41, 5.74) is 2.37. The Bertz CT molecular complexity index is 1740. The van der Waals surface area contributed by atoms with E-state index in [1.54, 1.807) is 54.9 Å². The molecule has 1 fully saturated rings. The highest BCUT2D eigenvalue weighted by molar-refractivity contribution is 7.91. The molecule has 6 rings (SSSR count). The first kappa shape index (κ1) is 26.2. The fraction of sp³-hybridized carbons (Fsp3) is 0.259. The van der Waals surface area contributed by atoms with Crippen molar-refractivity contribution >= 4 is 44.3 Å². The van der Waals surface area contributed by atoms with Crippen LogP contribution in [0.4, 0.5) is 5.69 Å². The minimum absolute atomic E-state index is 0.163. The largest absolute Gasteiger partial charge is 0.492 e. The Balaban J connectivity index is 1.29. The topological polar surface area (TPSA) is 127 Å². The van der Waals surface area contributed by atoms with Crippen molar-refractivity contribution < 1.29 is 18.3 Å². The first-order valence-corrected chi connectivity index (χ1v) is 14.5. The van der Waals surface area contributed by atoms with Crippen LogP contribution in [0, 0.1) is 0 Å². The lowest BCUT2D eigenvalue weighted by Crippen LogP contribution is -2.46. The molecule has 1 saturated heterocycles. The summed E-state index contributed by atoms with van der Waals surface area (Å²) < 4.78 is 31.2. The number of aliphatic hydroxyl groups is 1. The number of carbonyl (C=O) groups excluding carboxylic acids is 1. The number of hydrogen-bond donors (Lipinski definition) is 3. The van der Waals surface area contributed by atoms with Gasteiger partial charge in [-0.1, -0.05) is 17.7 Å². The summed E-state index contributed by atoms with van der Waals surface area (Å²) >= 11 is 6.15. The van der Waals surface area contributed by atoms with E-state index in [1.165, 1.54) is 4.31 Å². The molecule has 13 heteroatoms. The summed E-state index contributed by atoms with van der Waals surface area (Å²) in [6.45, 7) is 0.843. The van der Waals surface area contributed by atoms with Crippen LogP contribution in [0.25, 0.3) is 16.6 Å². The molecule has 11 nitrogen and oxygen atoms in total. The van der Waals surface area contributed by atoms with Crippen LogP contribution in [0.2, 0.25) is 5.02 Å². The Morgan fingerprint density at radius 3 is 2.70 bits per heavy atom. The van der Waals surface area contributed by atoms with E-state index in [0.29, 0.717) is 35.5 Å². The third-order valence-electron chi connectivity index (χ3n) is 7.12. The van der Waals surface area contributed by atoms with E-state index < -0.39 is 22.1 Å². The standard InChI is InChI=1S/C27H28ClN7O4S/c1-32(2)16-24-29-11-13-33(24)18-6-8-19(9-7-18)35-27(37)25-22(4-3-12-34(25)40(35,38)39)31-26(36)17-5-10-20-21(28)15-30-23(20)14-17/h5-11,13-15,22,30,37H,3-4,12,16H2,1-2H3,(H,31,36)/t22-/m1/s1. The molecule has 4 heterocycles. The number of imidazole rings is 1. The van der Waals surface area contributed by atoms with Gasteiger partial charge in [0.15, 0.2) is 0 Å². The number of aromatic nitrogens is 3. The number of piperidine rings is 1. The molecular weight excluding hydrogens is 554 g/mol. The van der Waals surface area contributed by atoms with Gasteiger partial charge >= 0.3 is 10.2 Å². The molecular formula is C27H28ClN7O4S. The molecule has 2 aromatic heterocycles. The lowest BCUT2D eigenvalue weighted by Gasteiger charge is -2.31. The number of nitrogens with zero attached hydrogens (tertiary/aromatic N) is 5. The van der Waals surface area contributed by atoms with E-state index in [0.717, 1.165) is 21.2 Å². The highest BCUT2D eigenvalue weighted by Gasteiger charge is 2.48. The molecule has 1 atom stereocenters. The summed E-state index contributed by atoms with van der Waals surface area (Å²) in [6.07, 6.45) is 6.21. The number of aromatic amines is 1. The minimum atomic E-state index is -4.09. The predicted octanol–water partition coefficient (Wildman–Crippen LogP) is 3.75. The lowest BCUT2D eigenvalue weighted by atomic mass is 10.0. The van der Waals surface area contributed by atoms with Crippen molar-refractivity contribution in [2.45, 2.75) is 25.4 Å². The third-order valence-corrected chi connectivity index (χ3v) is 9.21. The van der Waals surface area contributed by atoms with Gasteiger partial charge in [0.25, 0.3) is 5.91 Å². The van der Waals surface area contributed by atoms with Gasteiger partial charge in [-0.3, -0.25) is 4.79 Å². The number of anilines is 1. The number of carbonyl (C=O) groups is 1. The minimum Gasteiger partial charge on any atom is -0.492 e. The molecule has 0 bridgehead atoms. The SMILES string of the molecule is CN(C)Cc1nccn1-c1ccc(N2C(O)=C3[C@H](NC(=O)c4ccc5c(Cl)c[nH]c5c4)CCCN3S2(=O)=O)cc1. The third kappa shape index (κ3) is 4.37. The molecule has 0 radical (unpaired) electrons. The molecule has 40 heavy (non-hydrogen) atoms. The fourth-order valence-electron chi connectivity index (χ4n) is 5.28. The second-order valence-corrected chi connectivity index (χ2v) is 12.2. The Labute approximate surface area is 236 Å². The number of fused-ring (bicyclic) bond motifs is 2. The maximum atomic E-state index is 13.6. The van der Waals surface area contributed by atoms with Crippen LogP contribution in [-0.4, -0.2) is 69.9 Å². The van der Waals surface area contributed by atoms with Gasteiger partial charge in [-0.2, -0.15) is 12.7 Å². The molecule has 0 saturated carbocycles. The fourth-order valence-corrected chi connectivity index (χ4v) is 7.21. The monoisotopic (exact) mass is 581 g/mol. The highest BCUT2D eigenvalue weighted by atomic mass is 35.5. The zero-order valence-electron chi connectivity index (χ0n) is 21.9. The normalized spacial score (nSPS) is 18.6. The van der Waals surface area contributed by atoms with Gasteiger partial charge in [0.1, 0.15) is 11.5 Å². The van der Waals surface area contributed by atoms with Crippen LogP contribution >= 0.6 is 11.6 Å². The van der Waals surface area contributed by atoms with E-state index in [1.807, 2.05) is 29.8 Å². The van der Waals surface area contributed by atoms with Gasteiger partial charge < -0.3 is 24.9 Å². The van der Waals surface area contributed by atoms with Gasteiger partial charge in [0, 0.05) is 47.3 Å². The van der Waals surface area contributed by atoms with Crippen molar-refractivity contribution in [1.82, 2.24) is 29.1 Å². The molecule has 2 aromatic carbocycles. The number of aliphatic hydroxyl groups excluding tert-OH is 1. The number of H-pyrrole nitrogens is 1. The van der Waals surface area contributed by atoms with Gasteiger partial charge in [0.2, 0.25) is 5.88 Å². The number of benzene rings is 2. The van der Waals surface area contributed by atoms with Crippen molar-refractivity contribution in [3.05, 3.63) is 89.0 Å². The van der Waals surface area contributed by atoms with Crippen molar-refractivity contribution in [2.24, 2.45) is 0 Å². The van der Waals surface area contributed by atoms with E-state index in [-0.39, 0.29) is 23.8 Å². The number of halogens is 1. The van der Waals surface area contributed by atoms with Crippen molar-refractivity contribution in [3.63, 3.8) is 0 Å². The first-order chi connectivity index (χ1) is 19.1. The molecule has 0 spiro atoms. The van der Waals surface area contributed by atoms with Crippen molar-refractivity contribution in [1.29, 1.82) is 0 Å². The smallest absolute Gasteiger partial charge is 0.333 e. The Morgan fingerprint density at radius 1 is 1.20 bits per heavy atom. The first-order valence-electron chi connectivity index (χ1n) is 12.8. The summed E-state index contributed by atoms with van der Waals surface area (Å²) in [4.78, 5) is 22.6. The van der Waals surface area contributed by atoms with Crippen LogP contribution in [-0.2, 0) is 16.8 Å². The second kappa shape index (κ2) is 9.88. The van der Waals surface area contributed by atoms with Gasteiger partial charge in [-0.25, -0.2) is 9.29 Å². The van der Waals surface area contributed by atoms with Gasteiger partial charge in [-0.15, -0.1) is 0 Å². The van der Waals surface area contributed by atoms with Crippen LogP contribution in [0.3, 0.4) is 0 Å². The van der Waals surface area contributed by atoms with Crippen LogP contribution in [0.15, 0.2) is 72.6 Å². The molecule has 1 amide bonds. The van der Waals surface area contributed by atoms with Crippen LogP contribution in [0.5, 0.6) is 0 Å². The summed E-state index contributed by atoms with van der Waals surface area (Å²) in [5, 5.41) is 15.5. The number of nitrogens with one attached hydrogen (secondary N) is 2. The zero-order valence-corrected chi connectivity index (χ0v) is 23.4. The molecule has 4 aromatic rings. The van der Waals surface area contributed by atoms with Crippen molar-refractivity contribution in [2.75, 3.05) is 24.9 Å². The van der Waals surface area contributed by atoms with Crippen LogP contribution < -0.4 is 9.62 Å². The number of hydrogen-bond acceptors (Lipinski definition) is 6. The molecule has 0 unspecified atom stereocenters. The highest BCUT2D eigenvalue weighted by Crippen LogP contribution is 2.39. The second-order valence-electron chi connectivity index (χ2n) is 10.1. The molecule has 3 N–H and O–H groups in total. The maximum Gasteiger partial charge on any atom is 0.333 e. The predicted molar refractivity (Wildman–Crippen MR) is 153 cm³/mol. The summed E-state index contributed by atoms with van der Waals surface area (Å²) in [6, 6.07) is 11.3. The quantitative estimate of drug-likeness (QED) is 0.318. The molecule has 2 aliphatic heterocycles. The van der Waals surface area contributed by atoms with Gasteiger partial charge in [0.05, 0.1) is 23.3 Å². The number of amides is 1. The van der Waals surface area contributed by atoms with Gasteiger partial charge in [-0.05, 0) is 63.3 Å². The van der Waals surface area contributed by atoms with E-state index in [2.05, 4.69) is 15.3 Å². The Hall–Kier alpha value is -4.00. The van der Waals surface area contributed by atoms with E-state index in [4.69, 9.17) is 11.6 Å². The average Bonchev–Trinajstić information content (AvgIpc) is 3.59. The maximum absolute atomic E-state index is 13.6. The Morgan fingerprint density at radius 2 is 1.95 bits per heavy atom. The molecule has 2 aliphatic rings. The van der Waals surface area contributed by atoms with E-state index >= 15 is 0 Å². The number of rotatable bonds is 6. The summed E-state index contributed by atoms with van der Waals surface area (Å²) in [7, 11) is -0.183. The Kier molecular flexibility index (Phi) is 6.48. The molecule has 0 aliphatic carbocycles.